The summed E-state index contributed by atoms with van der Waals surface area (Å²) < 4.78 is 22.2. The highest BCUT2D eigenvalue weighted by molar-refractivity contribution is 6.31. The van der Waals surface area contributed by atoms with E-state index >= 15 is 0 Å². The number of fused-ring (bicyclic) bond motifs is 1. The number of carbonyl (C=O) groups excluding carboxylic acids is 2. The Bertz CT molecular complexity index is 1460. The van der Waals surface area contributed by atoms with E-state index in [9.17, 15) is 14.0 Å². The van der Waals surface area contributed by atoms with Crippen LogP contribution in [0.15, 0.2) is 54.9 Å². The summed E-state index contributed by atoms with van der Waals surface area (Å²) in [5.74, 6) is -0.433. The van der Waals surface area contributed by atoms with Gasteiger partial charge >= 0.3 is 6.03 Å². The van der Waals surface area contributed by atoms with E-state index < -0.39 is 23.8 Å². The molecule has 3 heterocycles. The maximum atomic E-state index is 14.3. The van der Waals surface area contributed by atoms with Crippen LogP contribution in [0.1, 0.15) is 29.8 Å². The quantitative estimate of drug-likeness (QED) is 0.393. The number of aromatic nitrogens is 3. The van der Waals surface area contributed by atoms with E-state index in [-0.39, 0.29) is 18.2 Å². The van der Waals surface area contributed by atoms with Gasteiger partial charge in [-0.3, -0.25) is 10.1 Å². The Morgan fingerprint density at radius 1 is 1.23 bits per heavy atom. The number of hydrogen-bond acceptors (Lipinski definition) is 5. The number of benzene rings is 2. The van der Waals surface area contributed by atoms with E-state index in [1.807, 2.05) is 37.4 Å². The first-order valence-electron chi connectivity index (χ1n) is 10.9. The molecule has 35 heavy (non-hydrogen) atoms. The minimum Gasteiger partial charge on any atom is -0.487 e. The number of ether oxygens (including phenoxy) is 1. The molecule has 5 rings (SSSR count). The highest BCUT2D eigenvalue weighted by atomic mass is 35.5. The summed E-state index contributed by atoms with van der Waals surface area (Å²) in [5, 5.41) is 7.59. The van der Waals surface area contributed by atoms with Crippen LogP contribution in [0.3, 0.4) is 0 Å². The van der Waals surface area contributed by atoms with E-state index in [4.69, 9.17) is 16.3 Å². The maximum Gasteiger partial charge on any atom is 0.325 e. The number of halogens is 2. The van der Waals surface area contributed by atoms with Crippen molar-refractivity contribution in [3.05, 3.63) is 82.5 Å². The van der Waals surface area contributed by atoms with Crippen LogP contribution in [0.2, 0.25) is 5.02 Å². The molecule has 1 atom stereocenters. The van der Waals surface area contributed by atoms with Crippen molar-refractivity contribution in [1.82, 2.24) is 25.0 Å². The predicted molar refractivity (Wildman–Crippen MR) is 128 cm³/mol. The summed E-state index contributed by atoms with van der Waals surface area (Å²) in [7, 11) is 0. The third-order valence-corrected chi connectivity index (χ3v) is 6.30. The molecule has 1 aliphatic heterocycles. The van der Waals surface area contributed by atoms with Crippen molar-refractivity contribution in [3.8, 4) is 11.4 Å². The van der Waals surface area contributed by atoms with Gasteiger partial charge in [0.25, 0.3) is 0 Å². The van der Waals surface area contributed by atoms with Gasteiger partial charge in [-0.05, 0) is 49.7 Å². The first-order chi connectivity index (χ1) is 16.8. The van der Waals surface area contributed by atoms with Gasteiger partial charge in [-0.15, -0.1) is 0 Å². The van der Waals surface area contributed by atoms with Crippen LogP contribution in [0, 0.1) is 12.7 Å². The standard InChI is InChI=1S/C25H21ClFN5O3/c1-14-9-21(32-8-4-7-28-32)17-5-3-6-22(24(17)29-14)35-13-19-18(10-16(27)11-20(19)26)15(2)31-12-23(33)30-25(31)34/h3-11,15H,12-13H2,1-2H3,(H,30,33,34)/t15-/m0/s1. The van der Waals surface area contributed by atoms with Crippen LogP contribution < -0.4 is 10.1 Å². The summed E-state index contributed by atoms with van der Waals surface area (Å²) in [6.07, 6.45) is 3.56. The smallest absolute Gasteiger partial charge is 0.325 e. The number of rotatable bonds is 6. The Morgan fingerprint density at radius 3 is 2.77 bits per heavy atom. The highest BCUT2D eigenvalue weighted by Gasteiger charge is 2.33. The van der Waals surface area contributed by atoms with Gasteiger partial charge in [0.1, 0.15) is 30.2 Å². The zero-order chi connectivity index (χ0) is 24.7. The van der Waals surface area contributed by atoms with E-state index in [2.05, 4.69) is 15.4 Å². The largest absolute Gasteiger partial charge is 0.487 e. The molecule has 178 valence electrons. The van der Waals surface area contributed by atoms with Crippen molar-refractivity contribution in [3.63, 3.8) is 0 Å². The first kappa shape index (κ1) is 22.8. The van der Waals surface area contributed by atoms with Crippen molar-refractivity contribution >= 4 is 34.4 Å². The minimum absolute atomic E-state index is 0.00797. The van der Waals surface area contributed by atoms with Gasteiger partial charge in [0, 0.05) is 29.0 Å². The zero-order valence-electron chi connectivity index (χ0n) is 19.0. The van der Waals surface area contributed by atoms with Gasteiger partial charge in [-0.1, -0.05) is 23.7 Å². The molecule has 1 aliphatic rings. The number of para-hydroxylation sites is 1. The molecule has 0 saturated carbocycles. The average Bonchev–Trinajstić information content (AvgIpc) is 3.46. The Kier molecular flexibility index (Phi) is 5.86. The fourth-order valence-electron chi connectivity index (χ4n) is 4.28. The Labute approximate surface area is 205 Å². The first-order valence-corrected chi connectivity index (χ1v) is 11.3. The second-order valence-corrected chi connectivity index (χ2v) is 8.69. The van der Waals surface area contributed by atoms with Gasteiger partial charge in [0.2, 0.25) is 5.91 Å². The Hall–Kier alpha value is -3.98. The lowest BCUT2D eigenvalue weighted by Gasteiger charge is -2.25. The fourth-order valence-corrected chi connectivity index (χ4v) is 4.55. The number of hydrogen-bond donors (Lipinski definition) is 1. The third-order valence-electron chi connectivity index (χ3n) is 5.97. The number of urea groups is 1. The minimum atomic E-state index is -0.604. The van der Waals surface area contributed by atoms with E-state index in [1.54, 1.807) is 23.9 Å². The van der Waals surface area contributed by atoms with Crippen LogP contribution in [0.5, 0.6) is 5.75 Å². The molecule has 0 aliphatic carbocycles. The van der Waals surface area contributed by atoms with Crippen LogP contribution in [0.4, 0.5) is 9.18 Å². The van der Waals surface area contributed by atoms with Gasteiger partial charge in [-0.2, -0.15) is 5.10 Å². The summed E-state index contributed by atoms with van der Waals surface area (Å²) in [6.45, 7) is 3.50. The van der Waals surface area contributed by atoms with Gasteiger partial charge in [0.15, 0.2) is 0 Å². The average molecular weight is 494 g/mol. The van der Waals surface area contributed by atoms with Crippen LogP contribution >= 0.6 is 11.6 Å². The molecule has 1 N–H and O–H groups in total. The normalized spacial score (nSPS) is 14.5. The molecule has 3 amide bonds. The van der Waals surface area contributed by atoms with Gasteiger partial charge < -0.3 is 9.64 Å². The summed E-state index contributed by atoms with van der Waals surface area (Å²) >= 11 is 6.42. The third kappa shape index (κ3) is 4.30. The van der Waals surface area contributed by atoms with Crippen molar-refractivity contribution in [1.29, 1.82) is 0 Å². The topological polar surface area (TPSA) is 89.4 Å². The lowest BCUT2D eigenvalue weighted by Crippen LogP contribution is -2.31. The lowest BCUT2D eigenvalue weighted by atomic mass is 10.0. The molecule has 2 aromatic carbocycles. The molecule has 2 aromatic heterocycles. The molecule has 0 spiro atoms. The van der Waals surface area contributed by atoms with Crippen molar-refractivity contribution < 1.29 is 18.7 Å². The monoisotopic (exact) mass is 493 g/mol. The Morgan fingerprint density at radius 2 is 2.06 bits per heavy atom. The molecule has 1 fully saturated rings. The predicted octanol–water partition coefficient (Wildman–Crippen LogP) is 4.71. The number of carbonyl (C=O) groups is 2. The second-order valence-electron chi connectivity index (χ2n) is 8.29. The summed E-state index contributed by atoms with van der Waals surface area (Å²) in [4.78, 5) is 29.9. The number of amides is 3. The van der Waals surface area contributed by atoms with E-state index in [0.717, 1.165) is 16.8 Å². The number of nitrogens with one attached hydrogen (secondary N) is 1. The number of imide groups is 1. The SMILES string of the molecule is Cc1cc(-n2cccn2)c2cccc(OCc3c(Cl)cc(F)cc3[C@H](C)N3CC(=O)NC3=O)c2n1. The fraction of sp³-hybridized carbons (Fsp3) is 0.200. The molecule has 4 aromatic rings. The lowest BCUT2D eigenvalue weighted by molar-refractivity contribution is -0.118. The van der Waals surface area contributed by atoms with Crippen molar-refractivity contribution in [2.75, 3.05) is 6.54 Å². The number of nitrogens with zero attached hydrogens (tertiary/aromatic N) is 4. The van der Waals surface area contributed by atoms with E-state index in [1.165, 1.54) is 17.0 Å². The van der Waals surface area contributed by atoms with Gasteiger partial charge in [-0.25, -0.2) is 18.9 Å². The molecule has 0 bridgehead atoms. The van der Waals surface area contributed by atoms with Crippen molar-refractivity contribution in [2.24, 2.45) is 0 Å². The van der Waals surface area contributed by atoms with Crippen LogP contribution in [0.25, 0.3) is 16.6 Å². The molecule has 0 radical (unpaired) electrons. The van der Waals surface area contributed by atoms with Gasteiger partial charge in [0.05, 0.1) is 16.8 Å². The molecular formula is C25H21ClFN5O3. The number of aryl methyl sites for hydroxylation is 1. The molecule has 0 unspecified atom stereocenters. The molecule has 8 nitrogen and oxygen atoms in total. The molecular weight excluding hydrogens is 473 g/mol. The van der Waals surface area contributed by atoms with Crippen molar-refractivity contribution in [2.45, 2.75) is 26.5 Å². The Balaban J connectivity index is 1.51. The molecule has 10 heteroatoms. The maximum absolute atomic E-state index is 14.3. The van der Waals surface area contributed by atoms with E-state index in [0.29, 0.717) is 22.4 Å². The van der Waals surface area contributed by atoms with Crippen LogP contribution in [-0.2, 0) is 11.4 Å². The van der Waals surface area contributed by atoms with Crippen LogP contribution in [-0.4, -0.2) is 38.1 Å². The highest BCUT2D eigenvalue weighted by Crippen LogP contribution is 2.34. The number of pyridine rings is 1. The zero-order valence-corrected chi connectivity index (χ0v) is 19.7. The summed E-state index contributed by atoms with van der Waals surface area (Å²) in [5.41, 5.74) is 3.28. The second kappa shape index (κ2) is 8.99. The molecule has 1 saturated heterocycles. The summed E-state index contributed by atoms with van der Waals surface area (Å²) in [6, 6.07) is 10.8.